The standard InChI is InChI=1S/C37H40N2O4/c1-36(2,3)28-13-16-29(17-14-28)43-30-15-12-26-21-33(38-32(31(26)22-30)20-24-8-4-5-9-24)34(40)39-37(35(41)42)19-18-25-10-6-7-11-27(25)23-37/h6-7,10-17,21-22,24H,4-5,8-9,18-20,23H2,1-3H3,(H,39,40)(H,41,42). The number of ether oxygens (including phenoxy) is 1. The van der Waals surface area contributed by atoms with E-state index in [9.17, 15) is 14.7 Å². The number of nitrogens with zero attached hydrogens (tertiary/aromatic N) is 1. The lowest BCUT2D eigenvalue weighted by atomic mass is 9.78. The molecule has 1 saturated carbocycles. The number of hydrogen-bond acceptors (Lipinski definition) is 4. The summed E-state index contributed by atoms with van der Waals surface area (Å²) in [6, 6.07) is 23.7. The molecule has 0 saturated heterocycles. The molecule has 2 aliphatic carbocycles. The van der Waals surface area contributed by atoms with Crippen LogP contribution in [0, 0.1) is 5.92 Å². The van der Waals surface area contributed by atoms with Crippen LogP contribution >= 0.6 is 0 Å². The van der Waals surface area contributed by atoms with Crippen LogP contribution in [0.1, 0.15) is 85.7 Å². The molecular weight excluding hydrogens is 536 g/mol. The summed E-state index contributed by atoms with van der Waals surface area (Å²) in [5.74, 6) is 0.536. The molecule has 1 aromatic heterocycles. The number of fused-ring (bicyclic) bond motifs is 2. The number of amides is 1. The van der Waals surface area contributed by atoms with Crippen LogP contribution in [0.25, 0.3) is 10.8 Å². The van der Waals surface area contributed by atoms with Crippen LogP contribution in [0.3, 0.4) is 0 Å². The van der Waals surface area contributed by atoms with E-state index in [2.05, 4.69) is 38.2 Å². The smallest absolute Gasteiger partial charge is 0.329 e. The maximum Gasteiger partial charge on any atom is 0.329 e. The summed E-state index contributed by atoms with van der Waals surface area (Å²) in [5, 5.41) is 15.0. The van der Waals surface area contributed by atoms with Crippen molar-refractivity contribution in [3.05, 3.63) is 101 Å². The Morgan fingerprint density at radius 2 is 1.65 bits per heavy atom. The maximum absolute atomic E-state index is 13.7. The second kappa shape index (κ2) is 11.5. The first-order valence-electron chi connectivity index (χ1n) is 15.4. The van der Waals surface area contributed by atoms with Crippen LogP contribution in [0.4, 0.5) is 0 Å². The van der Waals surface area contributed by atoms with E-state index in [1.807, 2.05) is 54.6 Å². The number of aryl methyl sites for hydroxylation is 1. The molecule has 1 fully saturated rings. The number of pyridine rings is 1. The van der Waals surface area contributed by atoms with Gasteiger partial charge in [0.2, 0.25) is 0 Å². The van der Waals surface area contributed by atoms with Gasteiger partial charge in [0.1, 0.15) is 22.7 Å². The van der Waals surface area contributed by atoms with Gasteiger partial charge in [-0.15, -0.1) is 0 Å². The van der Waals surface area contributed by atoms with Crippen molar-refractivity contribution < 1.29 is 19.4 Å². The van der Waals surface area contributed by atoms with Crippen molar-refractivity contribution in [2.75, 3.05) is 0 Å². The minimum absolute atomic E-state index is 0.0673. The normalized spacial score (nSPS) is 18.8. The van der Waals surface area contributed by atoms with Gasteiger partial charge >= 0.3 is 5.97 Å². The predicted octanol–water partition coefficient (Wildman–Crippen LogP) is 7.80. The SMILES string of the molecule is CC(C)(C)c1ccc(Oc2ccc3cc(C(=O)NC4(C(=O)O)CCc5ccccc5C4)nc(CC4CCCC4)c3c2)cc1. The molecule has 2 aliphatic rings. The van der Waals surface area contributed by atoms with E-state index in [1.165, 1.54) is 18.4 Å². The van der Waals surface area contributed by atoms with Gasteiger partial charge in [0.15, 0.2) is 0 Å². The largest absolute Gasteiger partial charge is 0.479 e. The molecule has 1 heterocycles. The lowest BCUT2D eigenvalue weighted by molar-refractivity contribution is -0.145. The Morgan fingerprint density at radius 3 is 2.35 bits per heavy atom. The van der Waals surface area contributed by atoms with Gasteiger partial charge in [-0.3, -0.25) is 4.79 Å². The fourth-order valence-corrected chi connectivity index (χ4v) is 6.64. The molecule has 222 valence electrons. The number of benzene rings is 3. The summed E-state index contributed by atoms with van der Waals surface area (Å²) in [4.78, 5) is 31.2. The molecule has 0 bridgehead atoms. The molecule has 43 heavy (non-hydrogen) atoms. The zero-order valence-corrected chi connectivity index (χ0v) is 25.3. The van der Waals surface area contributed by atoms with Gasteiger partial charge in [0, 0.05) is 17.5 Å². The molecule has 0 radical (unpaired) electrons. The van der Waals surface area contributed by atoms with Crippen molar-refractivity contribution in [1.29, 1.82) is 0 Å². The molecule has 0 spiro atoms. The number of aromatic nitrogens is 1. The highest BCUT2D eigenvalue weighted by Crippen LogP contribution is 2.34. The van der Waals surface area contributed by atoms with E-state index < -0.39 is 17.4 Å². The van der Waals surface area contributed by atoms with Crippen LogP contribution < -0.4 is 10.1 Å². The Bertz CT molecular complexity index is 1660. The third-order valence-electron chi connectivity index (χ3n) is 9.22. The van der Waals surface area contributed by atoms with Crippen LogP contribution in [-0.2, 0) is 29.5 Å². The van der Waals surface area contributed by atoms with Crippen LogP contribution in [0.5, 0.6) is 11.5 Å². The number of carbonyl (C=O) groups is 2. The zero-order valence-electron chi connectivity index (χ0n) is 25.3. The minimum Gasteiger partial charge on any atom is -0.479 e. The van der Waals surface area contributed by atoms with Crippen molar-refractivity contribution in [3.8, 4) is 11.5 Å². The van der Waals surface area contributed by atoms with Gasteiger partial charge in [-0.05, 0) is 83.0 Å². The Morgan fingerprint density at radius 1 is 0.953 bits per heavy atom. The molecule has 4 aromatic rings. The molecule has 1 unspecified atom stereocenters. The number of nitrogens with one attached hydrogen (secondary N) is 1. The number of rotatable bonds is 7. The molecule has 6 rings (SSSR count). The maximum atomic E-state index is 13.7. The van der Waals surface area contributed by atoms with Gasteiger partial charge in [-0.25, -0.2) is 9.78 Å². The van der Waals surface area contributed by atoms with Crippen LogP contribution in [0.2, 0.25) is 0 Å². The molecule has 1 atom stereocenters. The quantitative estimate of drug-likeness (QED) is 0.234. The molecule has 6 heteroatoms. The summed E-state index contributed by atoms with van der Waals surface area (Å²) in [5.41, 5.74) is 3.17. The van der Waals surface area contributed by atoms with Gasteiger partial charge in [-0.1, -0.05) is 88.9 Å². The molecule has 6 nitrogen and oxygen atoms in total. The number of aliphatic carboxylic acids is 1. The second-order valence-corrected chi connectivity index (χ2v) is 13.4. The predicted molar refractivity (Wildman–Crippen MR) is 169 cm³/mol. The Hall–Kier alpha value is -4.19. The molecule has 3 aromatic carbocycles. The fraction of sp³-hybridized carbons (Fsp3) is 0.378. The molecule has 1 amide bonds. The van der Waals surface area contributed by atoms with Gasteiger partial charge in [-0.2, -0.15) is 0 Å². The first kappa shape index (κ1) is 28.9. The van der Waals surface area contributed by atoms with Crippen molar-refractivity contribution in [1.82, 2.24) is 10.3 Å². The van der Waals surface area contributed by atoms with Gasteiger partial charge in [0.05, 0.1) is 0 Å². The molecule has 0 aliphatic heterocycles. The lowest BCUT2D eigenvalue weighted by Crippen LogP contribution is -2.57. The van der Waals surface area contributed by atoms with Crippen LogP contribution in [-0.4, -0.2) is 27.5 Å². The van der Waals surface area contributed by atoms with E-state index in [0.29, 0.717) is 24.5 Å². The Kier molecular flexibility index (Phi) is 7.72. The zero-order chi connectivity index (χ0) is 30.2. The number of hydrogen-bond donors (Lipinski definition) is 2. The van der Waals surface area contributed by atoms with E-state index in [4.69, 9.17) is 9.72 Å². The minimum atomic E-state index is -1.37. The summed E-state index contributed by atoms with van der Waals surface area (Å²) in [6.07, 6.45) is 6.69. The van der Waals surface area contributed by atoms with E-state index in [1.54, 1.807) is 6.07 Å². The highest BCUT2D eigenvalue weighted by molar-refractivity contribution is 6.00. The average molecular weight is 577 g/mol. The summed E-state index contributed by atoms with van der Waals surface area (Å²) in [7, 11) is 0. The van der Waals surface area contributed by atoms with E-state index >= 15 is 0 Å². The first-order chi connectivity index (χ1) is 20.6. The summed E-state index contributed by atoms with van der Waals surface area (Å²) in [6.45, 7) is 6.57. The van der Waals surface area contributed by atoms with Crippen molar-refractivity contribution in [2.45, 2.75) is 83.1 Å². The third-order valence-corrected chi connectivity index (χ3v) is 9.22. The third kappa shape index (κ3) is 6.15. The Labute approximate surface area is 253 Å². The highest BCUT2D eigenvalue weighted by Gasteiger charge is 2.43. The number of carbonyl (C=O) groups excluding carboxylic acids is 1. The monoisotopic (exact) mass is 576 g/mol. The number of carboxylic acid groups (broad SMARTS) is 1. The first-order valence-corrected chi connectivity index (χ1v) is 15.4. The second-order valence-electron chi connectivity index (χ2n) is 13.4. The molecule has 2 N–H and O–H groups in total. The average Bonchev–Trinajstić information content (AvgIpc) is 3.50. The Balaban J connectivity index is 1.31. The summed E-state index contributed by atoms with van der Waals surface area (Å²) >= 11 is 0. The van der Waals surface area contributed by atoms with Crippen molar-refractivity contribution in [2.24, 2.45) is 5.92 Å². The summed E-state index contributed by atoms with van der Waals surface area (Å²) < 4.78 is 6.25. The van der Waals surface area contributed by atoms with E-state index in [0.717, 1.165) is 52.6 Å². The van der Waals surface area contributed by atoms with Gasteiger partial charge < -0.3 is 15.2 Å². The molecular formula is C37H40N2O4. The fourth-order valence-electron chi connectivity index (χ4n) is 6.64. The highest BCUT2D eigenvalue weighted by atomic mass is 16.5. The topological polar surface area (TPSA) is 88.5 Å². The van der Waals surface area contributed by atoms with Crippen molar-refractivity contribution >= 4 is 22.6 Å². The van der Waals surface area contributed by atoms with Crippen LogP contribution in [0.15, 0.2) is 72.8 Å². The van der Waals surface area contributed by atoms with Gasteiger partial charge in [0.25, 0.3) is 5.91 Å². The van der Waals surface area contributed by atoms with E-state index in [-0.39, 0.29) is 17.5 Å². The number of carboxylic acids is 1. The van der Waals surface area contributed by atoms with Crippen molar-refractivity contribution in [3.63, 3.8) is 0 Å². The lowest BCUT2D eigenvalue weighted by Gasteiger charge is -2.35.